The molecular weight excluding hydrogens is 396 g/mol. The Hall–Kier alpha value is -2.83. The number of carbonyl (C=O) groups is 1. The molecule has 0 fully saturated rings. The Morgan fingerprint density at radius 3 is 2.39 bits per heavy atom. The van der Waals surface area contributed by atoms with Gasteiger partial charge in [-0.05, 0) is 60.5 Å². The van der Waals surface area contributed by atoms with Gasteiger partial charge in [0.2, 0.25) is 0 Å². The molecule has 144 valence electrons. The highest BCUT2D eigenvalue weighted by Gasteiger charge is 2.16. The van der Waals surface area contributed by atoms with Gasteiger partial charge in [0.25, 0.3) is 15.9 Å². The molecule has 5 nitrogen and oxygen atoms in total. The fraction of sp³-hybridized carbons (Fsp3) is 0.0952. The minimum atomic E-state index is -3.80. The molecule has 0 atom stereocenters. The molecule has 0 aliphatic rings. The first-order valence-corrected chi connectivity index (χ1v) is 10.4. The van der Waals surface area contributed by atoms with Crippen LogP contribution in [0, 0.1) is 6.92 Å². The van der Waals surface area contributed by atoms with Crippen LogP contribution in [0.5, 0.6) is 0 Å². The van der Waals surface area contributed by atoms with Gasteiger partial charge in [-0.2, -0.15) is 0 Å². The number of benzene rings is 3. The first-order chi connectivity index (χ1) is 13.3. The first-order valence-electron chi connectivity index (χ1n) is 8.56. The van der Waals surface area contributed by atoms with Crippen LogP contribution >= 0.6 is 11.6 Å². The van der Waals surface area contributed by atoms with E-state index < -0.39 is 10.0 Å². The molecule has 7 heteroatoms. The monoisotopic (exact) mass is 414 g/mol. The van der Waals surface area contributed by atoms with E-state index in [1.807, 2.05) is 25.1 Å². The number of rotatable bonds is 6. The summed E-state index contributed by atoms with van der Waals surface area (Å²) in [4.78, 5) is 12.4. The summed E-state index contributed by atoms with van der Waals surface area (Å²) >= 11 is 5.85. The lowest BCUT2D eigenvalue weighted by Gasteiger charge is -2.10. The molecule has 0 unspecified atom stereocenters. The molecule has 0 radical (unpaired) electrons. The number of carbonyl (C=O) groups excluding carboxylic acids is 1. The van der Waals surface area contributed by atoms with Crippen LogP contribution in [-0.4, -0.2) is 14.3 Å². The molecular formula is C21H19ClN2O3S. The number of sulfonamides is 1. The Morgan fingerprint density at radius 1 is 0.964 bits per heavy atom. The quantitative estimate of drug-likeness (QED) is 0.628. The van der Waals surface area contributed by atoms with Gasteiger partial charge in [-0.1, -0.05) is 41.9 Å². The standard InChI is InChI=1S/C21H19ClN2O3S/c1-15-4-2-6-19(12-15)24-28(26,27)20-7-3-5-17(13-20)21(25)23-14-16-8-10-18(22)11-9-16/h2-13,24H,14H2,1H3,(H,23,25). The van der Waals surface area contributed by atoms with Crippen LogP contribution in [-0.2, 0) is 16.6 Å². The molecule has 0 aliphatic carbocycles. The van der Waals surface area contributed by atoms with Gasteiger partial charge in [0.15, 0.2) is 0 Å². The minimum absolute atomic E-state index is 0.0214. The van der Waals surface area contributed by atoms with Crippen molar-refractivity contribution in [2.45, 2.75) is 18.4 Å². The number of hydrogen-bond donors (Lipinski definition) is 2. The Bertz CT molecular complexity index is 1100. The number of anilines is 1. The lowest BCUT2D eigenvalue weighted by molar-refractivity contribution is 0.0950. The highest BCUT2D eigenvalue weighted by atomic mass is 35.5. The molecule has 2 N–H and O–H groups in total. The third kappa shape index (κ3) is 5.12. The lowest BCUT2D eigenvalue weighted by Crippen LogP contribution is -2.23. The van der Waals surface area contributed by atoms with Crippen LogP contribution in [0.4, 0.5) is 5.69 Å². The van der Waals surface area contributed by atoms with E-state index in [0.29, 0.717) is 17.3 Å². The average molecular weight is 415 g/mol. The summed E-state index contributed by atoms with van der Waals surface area (Å²) in [6.45, 7) is 2.19. The van der Waals surface area contributed by atoms with Gasteiger partial charge in [-0.25, -0.2) is 8.42 Å². The van der Waals surface area contributed by atoms with E-state index in [4.69, 9.17) is 11.6 Å². The summed E-state index contributed by atoms with van der Waals surface area (Å²) in [7, 11) is -3.80. The number of aryl methyl sites for hydroxylation is 1. The maximum Gasteiger partial charge on any atom is 0.261 e. The van der Waals surface area contributed by atoms with E-state index in [-0.39, 0.29) is 16.4 Å². The molecule has 0 heterocycles. The number of amides is 1. The van der Waals surface area contributed by atoms with Gasteiger partial charge in [-0.3, -0.25) is 9.52 Å². The second-order valence-electron chi connectivity index (χ2n) is 6.31. The van der Waals surface area contributed by atoms with E-state index in [9.17, 15) is 13.2 Å². The van der Waals surface area contributed by atoms with Crippen LogP contribution in [0.1, 0.15) is 21.5 Å². The van der Waals surface area contributed by atoms with Crippen molar-refractivity contribution in [3.05, 3.63) is 94.5 Å². The van der Waals surface area contributed by atoms with Gasteiger partial charge < -0.3 is 5.32 Å². The van der Waals surface area contributed by atoms with Gasteiger partial charge >= 0.3 is 0 Å². The molecule has 0 spiro atoms. The van der Waals surface area contributed by atoms with Crippen molar-refractivity contribution in [2.75, 3.05) is 4.72 Å². The molecule has 0 aromatic heterocycles. The van der Waals surface area contributed by atoms with E-state index >= 15 is 0 Å². The predicted octanol–water partition coefficient (Wildman–Crippen LogP) is 4.38. The Morgan fingerprint density at radius 2 is 1.68 bits per heavy atom. The van der Waals surface area contributed by atoms with Crippen LogP contribution in [0.3, 0.4) is 0 Å². The SMILES string of the molecule is Cc1cccc(NS(=O)(=O)c2cccc(C(=O)NCc3ccc(Cl)cc3)c2)c1. The average Bonchev–Trinajstić information content (AvgIpc) is 2.67. The second-order valence-corrected chi connectivity index (χ2v) is 8.43. The first kappa shape index (κ1) is 19.9. The van der Waals surface area contributed by atoms with Gasteiger partial charge in [0, 0.05) is 22.8 Å². The molecule has 3 rings (SSSR count). The van der Waals surface area contributed by atoms with E-state index in [0.717, 1.165) is 11.1 Å². The normalized spacial score (nSPS) is 11.1. The molecule has 0 saturated carbocycles. The summed E-state index contributed by atoms with van der Waals surface area (Å²) in [5.41, 5.74) is 2.57. The fourth-order valence-corrected chi connectivity index (χ4v) is 3.83. The molecule has 0 aliphatic heterocycles. The van der Waals surface area contributed by atoms with Gasteiger partial charge in [0.05, 0.1) is 4.90 Å². The highest BCUT2D eigenvalue weighted by Crippen LogP contribution is 2.18. The zero-order valence-electron chi connectivity index (χ0n) is 15.1. The molecule has 28 heavy (non-hydrogen) atoms. The predicted molar refractivity (Wildman–Crippen MR) is 111 cm³/mol. The fourth-order valence-electron chi connectivity index (χ4n) is 2.61. The Kier molecular flexibility index (Phi) is 6.02. The minimum Gasteiger partial charge on any atom is -0.348 e. The molecule has 3 aromatic rings. The second kappa shape index (κ2) is 8.46. The van der Waals surface area contributed by atoms with Crippen molar-refractivity contribution in [2.24, 2.45) is 0 Å². The molecule has 0 saturated heterocycles. The summed E-state index contributed by atoms with van der Waals surface area (Å²) in [6.07, 6.45) is 0. The summed E-state index contributed by atoms with van der Waals surface area (Å²) in [5.74, 6) is -0.359. The zero-order valence-corrected chi connectivity index (χ0v) is 16.7. The molecule has 1 amide bonds. The van der Waals surface area contributed by atoms with Crippen LogP contribution in [0.15, 0.2) is 77.7 Å². The third-order valence-corrected chi connectivity index (χ3v) is 5.67. The summed E-state index contributed by atoms with van der Waals surface area (Å²) in [5, 5.41) is 3.39. The topological polar surface area (TPSA) is 75.3 Å². The van der Waals surface area contributed by atoms with Gasteiger partial charge in [0.1, 0.15) is 0 Å². The Labute approximate surface area is 169 Å². The largest absolute Gasteiger partial charge is 0.348 e. The maximum atomic E-state index is 12.6. The maximum absolute atomic E-state index is 12.6. The Balaban J connectivity index is 1.73. The van der Waals surface area contributed by atoms with Crippen molar-refractivity contribution >= 4 is 33.2 Å². The van der Waals surface area contributed by atoms with Gasteiger partial charge in [-0.15, -0.1) is 0 Å². The number of halogens is 1. The summed E-state index contributed by atoms with van der Waals surface area (Å²) in [6, 6.07) is 20.1. The van der Waals surface area contributed by atoms with E-state index in [1.54, 1.807) is 42.5 Å². The van der Waals surface area contributed by atoms with Crippen LogP contribution in [0.2, 0.25) is 5.02 Å². The molecule has 0 bridgehead atoms. The molecule has 3 aromatic carbocycles. The van der Waals surface area contributed by atoms with Crippen LogP contribution in [0.25, 0.3) is 0 Å². The van der Waals surface area contributed by atoms with Crippen molar-refractivity contribution in [3.8, 4) is 0 Å². The number of hydrogen-bond acceptors (Lipinski definition) is 3. The smallest absolute Gasteiger partial charge is 0.261 e. The number of nitrogens with one attached hydrogen (secondary N) is 2. The van der Waals surface area contributed by atoms with Crippen molar-refractivity contribution in [1.82, 2.24) is 5.32 Å². The lowest BCUT2D eigenvalue weighted by atomic mass is 10.2. The van der Waals surface area contributed by atoms with Crippen molar-refractivity contribution in [3.63, 3.8) is 0 Å². The third-order valence-electron chi connectivity index (χ3n) is 4.04. The van der Waals surface area contributed by atoms with Crippen molar-refractivity contribution < 1.29 is 13.2 Å². The zero-order chi connectivity index (χ0) is 20.1. The van der Waals surface area contributed by atoms with Crippen molar-refractivity contribution in [1.29, 1.82) is 0 Å². The summed E-state index contributed by atoms with van der Waals surface area (Å²) < 4.78 is 27.8. The van der Waals surface area contributed by atoms with E-state index in [2.05, 4.69) is 10.0 Å². The highest BCUT2D eigenvalue weighted by molar-refractivity contribution is 7.92. The van der Waals surface area contributed by atoms with E-state index in [1.165, 1.54) is 12.1 Å². The van der Waals surface area contributed by atoms with Crippen LogP contribution < -0.4 is 10.0 Å².